The van der Waals surface area contributed by atoms with Gasteiger partial charge in [0.05, 0.1) is 23.7 Å². The third-order valence-corrected chi connectivity index (χ3v) is 6.30. The molecule has 170 valence electrons. The number of aryl methyl sites for hydroxylation is 1. The maximum atomic E-state index is 13.1. The van der Waals surface area contributed by atoms with Crippen molar-refractivity contribution in [3.05, 3.63) is 69.8 Å². The molecule has 0 saturated carbocycles. The normalized spacial score (nSPS) is 17.9. The molecule has 0 radical (unpaired) electrons. The molecule has 1 N–H and O–H groups in total. The molecule has 1 fully saturated rings. The molecule has 7 heteroatoms. The summed E-state index contributed by atoms with van der Waals surface area (Å²) < 4.78 is 5.18. The van der Waals surface area contributed by atoms with Gasteiger partial charge in [0, 0.05) is 18.7 Å². The number of aliphatic hydroxyl groups excluding tert-OH is 1. The van der Waals surface area contributed by atoms with Crippen molar-refractivity contribution in [2.45, 2.75) is 26.8 Å². The Labute approximate surface area is 194 Å². The lowest BCUT2D eigenvalue weighted by molar-refractivity contribution is -0.140. The molecule has 1 heterocycles. The predicted octanol–water partition coefficient (Wildman–Crippen LogP) is 4.42. The fourth-order valence-corrected chi connectivity index (χ4v) is 4.34. The van der Waals surface area contributed by atoms with Crippen LogP contribution in [0.15, 0.2) is 48.0 Å². The van der Waals surface area contributed by atoms with E-state index in [1.807, 2.05) is 31.2 Å². The Hall–Kier alpha value is -2.83. The summed E-state index contributed by atoms with van der Waals surface area (Å²) in [5.41, 5.74) is 2.18. The van der Waals surface area contributed by atoms with E-state index in [9.17, 15) is 14.7 Å². The molecule has 32 heavy (non-hydrogen) atoms. The molecule has 1 unspecified atom stereocenters. The minimum absolute atomic E-state index is 0.0741. The summed E-state index contributed by atoms with van der Waals surface area (Å²) in [7, 11) is 1.50. The summed E-state index contributed by atoms with van der Waals surface area (Å²) in [4.78, 5) is 30.0. The number of amides is 1. The predicted molar refractivity (Wildman–Crippen MR) is 126 cm³/mol. The zero-order chi connectivity index (χ0) is 23.4. The van der Waals surface area contributed by atoms with Crippen LogP contribution >= 0.6 is 11.6 Å². The molecular formula is C25H29ClN2O4. The zero-order valence-electron chi connectivity index (χ0n) is 18.9. The van der Waals surface area contributed by atoms with Crippen LogP contribution in [0.3, 0.4) is 0 Å². The van der Waals surface area contributed by atoms with Gasteiger partial charge in [-0.2, -0.15) is 0 Å². The van der Waals surface area contributed by atoms with Gasteiger partial charge in [0.25, 0.3) is 11.7 Å². The first-order valence-electron chi connectivity index (χ1n) is 10.7. The summed E-state index contributed by atoms with van der Waals surface area (Å²) in [6, 6.07) is 11.7. The third-order valence-electron chi connectivity index (χ3n) is 6.00. The first-order valence-corrected chi connectivity index (χ1v) is 11.1. The Morgan fingerprint density at radius 1 is 1.16 bits per heavy atom. The highest BCUT2D eigenvalue weighted by Gasteiger charge is 2.46. The molecule has 1 aliphatic heterocycles. The Morgan fingerprint density at radius 2 is 1.84 bits per heavy atom. The molecule has 0 aromatic heterocycles. The Balaban J connectivity index is 2.13. The van der Waals surface area contributed by atoms with Crippen molar-refractivity contribution in [2.75, 3.05) is 33.3 Å². The number of likely N-dealkylation sites (tertiary alicyclic amines) is 1. The Kier molecular flexibility index (Phi) is 7.59. The van der Waals surface area contributed by atoms with E-state index in [4.69, 9.17) is 16.3 Å². The van der Waals surface area contributed by atoms with Gasteiger partial charge in [-0.3, -0.25) is 9.59 Å². The van der Waals surface area contributed by atoms with E-state index in [0.717, 1.165) is 24.2 Å². The number of benzene rings is 2. The number of ether oxygens (including phenoxy) is 1. The summed E-state index contributed by atoms with van der Waals surface area (Å²) in [5, 5.41) is 11.5. The molecule has 3 rings (SSSR count). The van der Waals surface area contributed by atoms with Crippen LogP contribution in [-0.2, 0) is 9.59 Å². The van der Waals surface area contributed by atoms with E-state index < -0.39 is 17.7 Å². The fourth-order valence-electron chi connectivity index (χ4n) is 4.09. The van der Waals surface area contributed by atoms with Gasteiger partial charge in [-0.1, -0.05) is 49.7 Å². The zero-order valence-corrected chi connectivity index (χ0v) is 19.6. The number of hydrogen-bond donors (Lipinski definition) is 1. The number of aliphatic hydroxyl groups is 1. The van der Waals surface area contributed by atoms with Crippen molar-refractivity contribution in [2.24, 2.45) is 0 Å². The van der Waals surface area contributed by atoms with Crippen molar-refractivity contribution in [3.8, 4) is 5.75 Å². The lowest BCUT2D eigenvalue weighted by Gasteiger charge is -2.29. The van der Waals surface area contributed by atoms with Gasteiger partial charge in [0.15, 0.2) is 0 Å². The number of methoxy groups -OCH3 is 1. The van der Waals surface area contributed by atoms with E-state index in [2.05, 4.69) is 18.7 Å². The highest BCUT2D eigenvalue weighted by atomic mass is 35.5. The second-order valence-corrected chi connectivity index (χ2v) is 8.13. The van der Waals surface area contributed by atoms with Crippen LogP contribution in [0.1, 0.15) is 36.6 Å². The highest BCUT2D eigenvalue weighted by Crippen LogP contribution is 2.41. The topological polar surface area (TPSA) is 70.1 Å². The van der Waals surface area contributed by atoms with Gasteiger partial charge in [-0.25, -0.2) is 0 Å². The standard InChI is InChI=1S/C25H29ClN2O4/c1-5-27(6-2)13-14-28-22(18-10-8-7-9-16(18)3)21(24(30)25(28)31)23(29)17-11-12-20(32-4)19(26)15-17/h7-12,15,22,29H,5-6,13-14H2,1-4H3/b23-21+. The van der Waals surface area contributed by atoms with E-state index in [0.29, 0.717) is 29.4 Å². The first-order chi connectivity index (χ1) is 15.3. The molecule has 0 aliphatic carbocycles. The van der Waals surface area contributed by atoms with Crippen LogP contribution in [0.5, 0.6) is 5.75 Å². The van der Waals surface area contributed by atoms with Crippen LogP contribution in [0, 0.1) is 6.92 Å². The number of hydrogen-bond acceptors (Lipinski definition) is 5. The molecule has 1 atom stereocenters. The second-order valence-electron chi connectivity index (χ2n) is 7.73. The number of carbonyl (C=O) groups excluding carboxylic acids is 2. The van der Waals surface area contributed by atoms with E-state index in [1.54, 1.807) is 17.0 Å². The van der Waals surface area contributed by atoms with Crippen LogP contribution in [0.25, 0.3) is 5.76 Å². The lowest BCUT2D eigenvalue weighted by atomic mass is 9.92. The average Bonchev–Trinajstić information content (AvgIpc) is 3.04. The minimum Gasteiger partial charge on any atom is -0.507 e. The SMILES string of the molecule is CCN(CC)CCN1C(=O)C(=O)/C(=C(/O)c2ccc(OC)c(Cl)c2)C1c1ccccc1C. The fraction of sp³-hybridized carbons (Fsp3) is 0.360. The maximum absolute atomic E-state index is 13.1. The third kappa shape index (κ3) is 4.52. The quantitative estimate of drug-likeness (QED) is 0.361. The lowest BCUT2D eigenvalue weighted by Crippen LogP contribution is -2.38. The monoisotopic (exact) mass is 456 g/mol. The van der Waals surface area contributed by atoms with Gasteiger partial charge >= 0.3 is 0 Å². The van der Waals surface area contributed by atoms with Gasteiger partial charge in [-0.05, 0) is 49.3 Å². The molecule has 2 aromatic carbocycles. The van der Waals surface area contributed by atoms with Gasteiger partial charge < -0.3 is 19.6 Å². The second kappa shape index (κ2) is 10.2. The average molecular weight is 457 g/mol. The van der Waals surface area contributed by atoms with Crippen molar-refractivity contribution in [1.29, 1.82) is 0 Å². The molecule has 0 spiro atoms. The van der Waals surface area contributed by atoms with Crippen LogP contribution in [-0.4, -0.2) is 59.9 Å². The van der Waals surface area contributed by atoms with Gasteiger partial charge in [0.2, 0.25) is 0 Å². The number of nitrogens with zero attached hydrogens (tertiary/aromatic N) is 2. The minimum atomic E-state index is -0.692. The van der Waals surface area contributed by atoms with E-state index >= 15 is 0 Å². The molecular weight excluding hydrogens is 428 g/mol. The van der Waals surface area contributed by atoms with Crippen molar-refractivity contribution in [1.82, 2.24) is 9.80 Å². The van der Waals surface area contributed by atoms with Crippen molar-refractivity contribution < 1.29 is 19.4 Å². The number of Topliss-reactive ketones (excluding diaryl/α,β-unsaturated/α-hetero) is 1. The van der Waals surface area contributed by atoms with Crippen LogP contribution in [0.4, 0.5) is 0 Å². The molecule has 2 aromatic rings. The van der Waals surface area contributed by atoms with E-state index in [-0.39, 0.29) is 11.3 Å². The largest absolute Gasteiger partial charge is 0.507 e. The van der Waals surface area contributed by atoms with E-state index in [1.165, 1.54) is 13.2 Å². The molecule has 1 amide bonds. The molecule has 6 nitrogen and oxygen atoms in total. The smallest absolute Gasteiger partial charge is 0.295 e. The number of ketones is 1. The number of halogens is 1. The summed E-state index contributed by atoms with van der Waals surface area (Å²) in [6.45, 7) is 8.76. The van der Waals surface area contributed by atoms with Gasteiger partial charge in [-0.15, -0.1) is 0 Å². The van der Waals surface area contributed by atoms with Crippen molar-refractivity contribution in [3.63, 3.8) is 0 Å². The maximum Gasteiger partial charge on any atom is 0.295 e. The molecule has 0 bridgehead atoms. The summed E-state index contributed by atoms with van der Waals surface area (Å²) in [5.74, 6) is -1.08. The Bertz CT molecular complexity index is 1050. The highest BCUT2D eigenvalue weighted by molar-refractivity contribution is 6.46. The summed E-state index contributed by atoms with van der Waals surface area (Å²) >= 11 is 6.24. The first kappa shape index (κ1) is 23.8. The van der Waals surface area contributed by atoms with Crippen LogP contribution in [0.2, 0.25) is 5.02 Å². The van der Waals surface area contributed by atoms with Crippen molar-refractivity contribution >= 4 is 29.1 Å². The number of likely N-dealkylation sites (N-methyl/N-ethyl adjacent to an activating group) is 1. The molecule has 1 aliphatic rings. The molecule has 1 saturated heterocycles. The summed E-state index contributed by atoms with van der Waals surface area (Å²) in [6.07, 6.45) is 0. The number of rotatable bonds is 8. The Morgan fingerprint density at radius 3 is 2.44 bits per heavy atom. The number of carbonyl (C=O) groups is 2. The van der Waals surface area contributed by atoms with Gasteiger partial charge in [0.1, 0.15) is 11.5 Å². The van der Waals surface area contributed by atoms with Crippen LogP contribution < -0.4 is 4.74 Å².